The summed E-state index contributed by atoms with van der Waals surface area (Å²) in [6.07, 6.45) is 9.58. The van der Waals surface area contributed by atoms with E-state index in [0.29, 0.717) is 0 Å². The van der Waals surface area contributed by atoms with Crippen LogP contribution in [0.25, 0.3) is 5.57 Å². The van der Waals surface area contributed by atoms with E-state index in [-0.39, 0.29) is 18.3 Å². The Kier molecular flexibility index (Phi) is 6.13. The van der Waals surface area contributed by atoms with Gasteiger partial charge in [0.05, 0.1) is 11.2 Å². The van der Waals surface area contributed by atoms with Gasteiger partial charge in [-0.25, -0.2) is 0 Å². The maximum Gasteiger partial charge on any atom is 0.494 e. The first-order valence-corrected chi connectivity index (χ1v) is 9.16. The minimum absolute atomic E-state index is 0.323. The lowest BCUT2D eigenvalue weighted by Gasteiger charge is -2.32. The molecule has 0 spiro atoms. The van der Waals surface area contributed by atoms with Crippen LogP contribution in [0, 0.1) is 0 Å². The van der Waals surface area contributed by atoms with Crippen LogP contribution in [0.1, 0.15) is 60.5 Å². The van der Waals surface area contributed by atoms with Crippen molar-refractivity contribution in [2.45, 2.75) is 66.1 Å². The highest BCUT2D eigenvalue weighted by Crippen LogP contribution is 2.36. The van der Waals surface area contributed by atoms with Gasteiger partial charge in [0.25, 0.3) is 0 Å². The number of benzene rings is 1. The predicted octanol–water partition coefficient (Wildman–Crippen LogP) is 5.30. The molecule has 0 unspecified atom stereocenters. The van der Waals surface area contributed by atoms with Crippen LogP contribution in [0.4, 0.5) is 0 Å². The molecule has 0 aliphatic carbocycles. The highest BCUT2D eigenvalue weighted by atomic mass is 16.7. The number of rotatable bonds is 5. The summed E-state index contributed by atoms with van der Waals surface area (Å²) in [6.45, 7) is 14.7. The zero-order chi connectivity index (χ0) is 18.7. The van der Waals surface area contributed by atoms with Gasteiger partial charge in [-0.1, -0.05) is 61.1 Å². The molecule has 1 aliphatic heterocycles. The Labute approximate surface area is 153 Å². The lowest BCUT2D eigenvalue weighted by molar-refractivity contribution is 0.00578. The minimum Gasteiger partial charge on any atom is -0.399 e. The number of allylic oxidation sites excluding steroid dienone is 6. The summed E-state index contributed by atoms with van der Waals surface area (Å²) < 4.78 is 12.4. The fourth-order valence-electron chi connectivity index (χ4n) is 2.64. The maximum absolute atomic E-state index is 6.20. The maximum atomic E-state index is 6.20. The fourth-order valence-corrected chi connectivity index (χ4v) is 2.64. The summed E-state index contributed by atoms with van der Waals surface area (Å²) in [4.78, 5) is 0. The molecule has 1 aliphatic rings. The van der Waals surface area contributed by atoms with Crippen molar-refractivity contribution >= 4 is 18.2 Å². The third-order valence-electron chi connectivity index (χ3n) is 5.17. The third-order valence-corrected chi connectivity index (χ3v) is 5.17. The molecule has 1 aromatic carbocycles. The number of hydrogen-bond acceptors (Lipinski definition) is 2. The van der Waals surface area contributed by atoms with E-state index in [1.54, 1.807) is 0 Å². The molecule has 0 saturated carbocycles. The molecule has 0 N–H and O–H groups in total. The molecule has 25 heavy (non-hydrogen) atoms. The van der Waals surface area contributed by atoms with Gasteiger partial charge in [-0.2, -0.15) is 0 Å². The molecule has 2 rings (SSSR count). The lowest BCUT2D eigenvalue weighted by Crippen LogP contribution is -2.41. The second-order valence-electron chi connectivity index (χ2n) is 7.71. The van der Waals surface area contributed by atoms with E-state index in [4.69, 9.17) is 9.31 Å². The smallest absolute Gasteiger partial charge is 0.399 e. The largest absolute Gasteiger partial charge is 0.494 e. The highest BCUT2D eigenvalue weighted by Gasteiger charge is 2.51. The van der Waals surface area contributed by atoms with E-state index in [2.05, 4.69) is 84.0 Å². The Morgan fingerprint density at radius 1 is 1.12 bits per heavy atom. The lowest BCUT2D eigenvalue weighted by atomic mass is 9.78. The molecular weight excluding hydrogens is 307 g/mol. The highest BCUT2D eigenvalue weighted by molar-refractivity contribution is 6.62. The predicted molar refractivity (Wildman–Crippen MR) is 109 cm³/mol. The summed E-state index contributed by atoms with van der Waals surface area (Å²) >= 11 is 0. The summed E-state index contributed by atoms with van der Waals surface area (Å²) in [6, 6.07) is 8.48. The third kappa shape index (κ3) is 4.53. The molecule has 3 heteroatoms. The molecule has 134 valence electrons. The van der Waals surface area contributed by atoms with E-state index in [1.165, 1.54) is 16.7 Å². The van der Waals surface area contributed by atoms with Crippen LogP contribution < -0.4 is 5.46 Å². The summed E-state index contributed by atoms with van der Waals surface area (Å²) in [5.41, 5.74) is 4.15. The Morgan fingerprint density at radius 3 is 2.32 bits per heavy atom. The van der Waals surface area contributed by atoms with Gasteiger partial charge >= 0.3 is 7.12 Å². The van der Waals surface area contributed by atoms with Crippen LogP contribution in [0.5, 0.6) is 0 Å². The van der Waals surface area contributed by atoms with Gasteiger partial charge in [-0.15, -0.1) is 0 Å². The van der Waals surface area contributed by atoms with Gasteiger partial charge < -0.3 is 9.31 Å². The van der Waals surface area contributed by atoms with Crippen LogP contribution in [0.15, 0.2) is 54.1 Å². The van der Waals surface area contributed by atoms with Crippen LogP contribution in [0.2, 0.25) is 0 Å². The monoisotopic (exact) mass is 338 g/mol. The van der Waals surface area contributed by atoms with Gasteiger partial charge in [0, 0.05) is 0 Å². The molecule has 1 fully saturated rings. The Hall–Kier alpha value is -1.58. The first-order valence-electron chi connectivity index (χ1n) is 9.16. The van der Waals surface area contributed by atoms with Crippen LogP contribution >= 0.6 is 0 Å². The van der Waals surface area contributed by atoms with Crippen molar-refractivity contribution < 1.29 is 9.31 Å². The van der Waals surface area contributed by atoms with E-state index >= 15 is 0 Å². The molecule has 1 saturated heterocycles. The summed E-state index contributed by atoms with van der Waals surface area (Å²) in [7, 11) is -0.329. The van der Waals surface area contributed by atoms with Crippen molar-refractivity contribution in [1.82, 2.24) is 0 Å². The Balaban J connectivity index is 2.38. The summed E-state index contributed by atoms with van der Waals surface area (Å²) in [5.74, 6) is 0. The van der Waals surface area contributed by atoms with Gasteiger partial charge in [0.1, 0.15) is 0 Å². The molecule has 0 aromatic heterocycles. The SMILES string of the molecule is CC=CC=C(C=C(C)CC)c1cccc(B2OC(C)(C)C(C)(C)O2)c1. The van der Waals surface area contributed by atoms with Gasteiger partial charge in [-0.3, -0.25) is 0 Å². The first-order chi connectivity index (χ1) is 11.7. The number of hydrogen-bond donors (Lipinski definition) is 0. The van der Waals surface area contributed by atoms with Gasteiger partial charge in [0.2, 0.25) is 0 Å². The molecule has 1 aromatic rings. The van der Waals surface area contributed by atoms with Crippen molar-refractivity contribution in [2.24, 2.45) is 0 Å². The van der Waals surface area contributed by atoms with Crippen molar-refractivity contribution in [1.29, 1.82) is 0 Å². The first kappa shape index (κ1) is 19.7. The van der Waals surface area contributed by atoms with Crippen molar-refractivity contribution in [2.75, 3.05) is 0 Å². The molecule has 0 atom stereocenters. The fraction of sp³-hybridized carbons (Fsp3) is 0.455. The van der Waals surface area contributed by atoms with Gasteiger partial charge in [-0.05, 0) is 64.6 Å². The zero-order valence-corrected chi connectivity index (χ0v) is 16.7. The minimum atomic E-state index is -0.329. The van der Waals surface area contributed by atoms with E-state index < -0.39 is 0 Å². The van der Waals surface area contributed by atoms with Crippen LogP contribution in [-0.2, 0) is 9.31 Å². The van der Waals surface area contributed by atoms with E-state index in [0.717, 1.165) is 11.9 Å². The molecule has 0 bridgehead atoms. The normalized spacial score (nSPS) is 20.5. The second-order valence-corrected chi connectivity index (χ2v) is 7.71. The van der Waals surface area contributed by atoms with E-state index in [1.807, 2.05) is 13.0 Å². The zero-order valence-electron chi connectivity index (χ0n) is 16.7. The molecule has 0 amide bonds. The van der Waals surface area contributed by atoms with E-state index in [9.17, 15) is 0 Å². The average Bonchev–Trinajstić information content (AvgIpc) is 2.79. The summed E-state index contributed by atoms with van der Waals surface area (Å²) in [5, 5.41) is 0. The quantitative estimate of drug-likeness (QED) is 0.536. The van der Waals surface area contributed by atoms with Crippen LogP contribution in [0.3, 0.4) is 0 Å². The van der Waals surface area contributed by atoms with Crippen molar-refractivity contribution in [3.8, 4) is 0 Å². The topological polar surface area (TPSA) is 18.5 Å². The van der Waals surface area contributed by atoms with Gasteiger partial charge in [0.15, 0.2) is 0 Å². The molecule has 0 radical (unpaired) electrons. The molecule has 2 nitrogen and oxygen atoms in total. The molecule has 1 heterocycles. The Bertz CT molecular complexity index is 680. The van der Waals surface area contributed by atoms with Crippen molar-refractivity contribution in [3.05, 3.63) is 59.7 Å². The average molecular weight is 338 g/mol. The van der Waals surface area contributed by atoms with Crippen molar-refractivity contribution in [3.63, 3.8) is 0 Å². The molecular formula is C22H31BO2. The van der Waals surface area contributed by atoms with Crippen LogP contribution in [-0.4, -0.2) is 18.3 Å². The second kappa shape index (κ2) is 7.76. The Morgan fingerprint density at radius 2 is 1.76 bits per heavy atom. The standard InChI is InChI=1S/C22H31BO2/c1-8-10-12-18(15-17(3)9-2)19-13-11-14-20(16-19)23-24-21(4,5)22(6,7)25-23/h8,10-16H,9H2,1-7H3.